The zero-order valence-corrected chi connectivity index (χ0v) is 12.4. The molecule has 19 heavy (non-hydrogen) atoms. The first-order valence-electron chi connectivity index (χ1n) is 6.03. The van der Waals surface area contributed by atoms with Crippen molar-refractivity contribution in [3.8, 4) is 0 Å². The van der Waals surface area contributed by atoms with Crippen LogP contribution < -0.4 is 5.73 Å². The van der Waals surface area contributed by atoms with E-state index in [0.717, 1.165) is 25.8 Å². The summed E-state index contributed by atoms with van der Waals surface area (Å²) >= 11 is 3.37. The molecule has 1 aromatic heterocycles. The van der Waals surface area contributed by atoms with Gasteiger partial charge in [-0.15, -0.1) is 11.3 Å². The number of aryl methyl sites for hydroxylation is 2. The summed E-state index contributed by atoms with van der Waals surface area (Å²) in [6.45, 7) is 4.11. The minimum absolute atomic E-state index is 0.821. The summed E-state index contributed by atoms with van der Waals surface area (Å²) in [5.74, 6) is 0. The van der Waals surface area contributed by atoms with E-state index in [1.165, 1.54) is 10.5 Å². The van der Waals surface area contributed by atoms with Crippen molar-refractivity contribution in [1.82, 2.24) is 4.98 Å². The van der Waals surface area contributed by atoms with Crippen LogP contribution in [0.25, 0.3) is 10.2 Å². The normalized spacial score (nSPS) is 11.1. The third kappa shape index (κ3) is 2.60. The second-order valence-electron chi connectivity index (χ2n) is 4.51. The average molecular weight is 286 g/mol. The maximum Gasteiger partial charge on any atom is 0.0907 e. The number of hydrogen-bond donors (Lipinski definition) is 1. The molecule has 0 radical (unpaired) electrons. The fourth-order valence-electron chi connectivity index (χ4n) is 1.91. The van der Waals surface area contributed by atoms with Crippen molar-refractivity contribution >= 4 is 39.0 Å². The van der Waals surface area contributed by atoms with Gasteiger partial charge in [-0.3, -0.25) is 0 Å². The summed E-state index contributed by atoms with van der Waals surface area (Å²) in [5, 5.41) is 1.08. The summed E-state index contributed by atoms with van der Waals surface area (Å²) in [6, 6.07) is 12.6. The number of rotatable bonds is 2. The Labute approximate surface area is 120 Å². The second-order valence-corrected chi connectivity index (χ2v) is 6.86. The van der Waals surface area contributed by atoms with Crippen LogP contribution in [-0.2, 0) is 0 Å². The SMILES string of the molecule is Cc1ccc(Sc2cc3nc(C)sc3cc2N)cc1. The molecule has 0 fully saturated rings. The number of benzene rings is 2. The fraction of sp³-hybridized carbons (Fsp3) is 0.133. The molecule has 0 bridgehead atoms. The van der Waals surface area contributed by atoms with E-state index in [9.17, 15) is 0 Å². The Morgan fingerprint density at radius 2 is 1.84 bits per heavy atom. The lowest BCUT2D eigenvalue weighted by molar-refractivity contribution is 1.33. The first kappa shape index (κ1) is 12.5. The number of aromatic nitrogens is 1. The van der Waals surface area contributed by atoms with Crippen LogP contribution in [0.2, 0.25) is 0 Å². The van der Waals surface area contributed by atoms with Crippen LogP contribution in [-0.4, -0.2) is 4.98 Å². The molecule has 2 N–H and O–H groups in total. The van der Waals surface area contributed by atoms with Crippen LogP contribution >= 0.6 is 23.1 Å². The second kappa shape index (κ2) is 4.87. The lowest BCUT2D eigenvalue weighted by Gasteiger charge is -2.05. The highest BCUT2D eigenvalue weighted by molar-refractivity contribution is 7.99. The van der Waals surface area contributed by atoms with E-state index < -0.39 is 0 Å². The lowest BCUT2D eigenvalue weighted by Crippen LogP contribution is -1.88. The Balaban J connectivity index is 1.99. The standard InChI is InChI=1S/C15H14N2S2/c1-9-3-5-11(6-4-9)19-14-8-13-15(7-12(14)16)18-10(2)17-13/h3-8H,16H2,1-2H3. The molecular formula is C15H14N2S2. The molecule has 0 aliphatic heterocycles. The summed E-state index contributed by atoms with van der Waals surface area (Å²) in [4.78, 5) is 6.79. The minimum Gasteiger partial charge on any atom is -0.398 e. The number of nitrogen functional groups attached to an aromatic ring is 1. The van der Waals surface area contributed by atoms with Gasteiger partial charge in [-0.1, -0.05) is 29.5 Å². The third-order valence-corrected chi connectivity index (χ3v) is 4.89. The number of anilines is 1. The van der Waals surface area contributed by atoms with Gasteiger partial charge in [-0.05, 0) is 38.1 Å². The molecule has 1 heterocycles. The molecule has 3 aromatic rings. The highest BCUT2D eigenvalue weighted by atomic mass is 32.2. The predicted octanol–water partition coefficient (Wildman–Crippen LogP) is 4.65. The molecule has 0 spiro atoms. The number of hydrogen-bond acceptors (Lipinski definition) is 4. The molecule has 0 aliphatic carbocycles. The van der Waals surface area contributed by atoms with Crippen LogP contribution in [0.4, 0.5) is 5.69 Å². The van der Waals surface area contributed by atoms with E-state index in [1.54, 1.807) is 23.1 Å². The van der Waals surface area contributed by atoms with Gasteiger partial charge >= 0.3 is 0 Å². The molecule has 2 aromatic carbocycles. The van der Waals surface area contributed by atoms with E-state index in [-0.39, 0.29) is 0 Å². The molecule has 96 valence electrons. The van der Waals surface area contributed by atoms with Gasteiger partial charge in [0, 0.05) is 15.5 Å². The number of nitrogens with two attached hydrogens (primary N) is 1. The molecule has 4 heteroatoms. The van der Waals surface area contributed by atoms with Crippen molar-refractivity contribution < 1.29 is 0 Å². The van der Waals surface area contributed by atoms with Crippen LogP contribution in [0, 0.1) is 13.8 Å². The van der Waals surface area contributed by atoms with E-state index in [2.05, 4.69) is 42.2 Å². The number of nitrogens with zero attached hydrogens (tertiary/aromatic N) is 1. The van der Waals surface area contributed by atoms with Gasteiger partial charge in [0.05, 0.1) is 15.2 Å². The van der Waals surface area contributed by atoms with Gasteiger partial charge in [0.1, 0.15) is 0 Å². The molecular weight excluding hydrogens is 272 g/mol. The third-order valence-electron chi connectivity index (χ3n) is 2.88. The molecule has 0 saturated carbocycles. The lowest BCUT2D eigenvalue weighted by atomic mass is 10.2. The molecule has 0 unspecified atom stereocenters. The summed E-state index contributed by atoms with van der Waals surface area (Å²) in [6.07, 6.45) is 0. The highest BCUT2D eigenvalue weighted by Gasteiger charge is 2.07. The van der Waals surface area contributed by atoms with Crippen LogP contribution in [0.15, 0.2) is 46.2 Å². The smallest absolute Gasteiger partial charge is 0.0907 e. The molecule has 2 nitrogen and oxygen atoms in total. The van der Waals surface area contributed by atoms with Crippen molar-refractivity contribution in [1.29, 1.82) is 0 Å². The van der Waals surface area contributed by atoms with Crippen molar-refractivity contribution in [2.75, 3.05) is 5.73 Å². The Kier molecular flexibility index (Phi) is 3.21. The fourth-order valence-corrected chi connectivity index (χ4v) is 3.64. The maximum absolute atomic E-state index is 6.13. The van der Waals surface area contributed by atoms with Crippen LogP contribution in [0.1, 0.15) is 10.6 Å². The Bertz CT molecular complexity index is 730. The van der Waals surface area contributed by atoms with E-state index >= 15 is 0 Å². The monoisotopic (exact) mass is 286 g/mol. The van der Waals surface area contributed by atoms with Crippen LogP contribution in [0.5, 0.6) is 0 Å². The Morgan fingerprint density at radius 1 is 1.11 bits per heavy atom. The molecule has 0 atom stereocenters. The van der Waals surface area contributed by atoms with Gasteiger partial charge in [0.25, 0.3) is 0 Å². The number of fused-ring (bicyclic) bond motifs is 1. The minimum atomic E-state index is 0.821. The zero-order chi connectivity index (χ0) is 13.4. The van der Waals surface area contributed by atoms with Crippen molar-refractivity contribution in [2.24, 2.45) is 0 Å². The molecule has 0 saturated heterocycles. The Hall–Kier alpha value is -1.52. The van der Waals surface area contributed by atoms with E-state index in [0.29, 0.717) is 0 Å². The zero-order valence-electron chi connectivity index (χ0n) is 10.8. The van der Waals surface area contributed by atoms with Gasteiger partial charge in [-0.25, -0.2) is 4.98 Å². The topological polar surface area (TPSA) is 38.9 Å². The van der Waals surface area contributed by atoms with Gasteiger partial charge in [0.15, 0.2) is 0 Å². The average Bonchev–Trinajstić information content (AvgIpc) is 2.72. The first-order chi connectivity index (χ1) is 9.11. The van der Waals surface area contributed by atoms with Crippen molar-refractivity contribution in [3.63, 3.8) is 0 Å². The summed E-state index contributed by atoms with van der Waals surface area (Å²) in [5.41, 5.74) is 9.25. The predicted molar refractivity (Wildman–Crippen MR) is 84.1 cm³/mol. The summed E-state index contributed by atoms with van der Waals surface area (Å²) in [7, 11) is 0. The van der Waals surface area contributed by atoms with Crippen molar-refractivity contribution in [3.05, 3.63) is 47.0 Å². The van der Waals surface area contributed by atoms with Crippen molar-refractivity contribution in [2.45, 2.75) is 23.6 Å². The molecule has 0 amide bonds. The molecule has 0 aliphatic rings. The van der Waals surface area contributed by atoms with Crippen LogP contribution in [0.3, 0.4) is 0 Å². The van der Waals surface area contributed by atoms with E-state index in [4.69, 9.17) is 5.73 Å². The first-order valence-corrected chi connectivity index (χ1v) is 7.66. The maximum atomic E-state index is 6.13. The quantitative estimate of drug-likeness (QED) is 0.697. The largest absolute Gasteiger partial charge is 0.398 e. The van der Waals surface area contributed by atoms with E-state index in [1.807, 2.05) is 13.0 Å². The highest BCUT2D eigenvalue weighted by Crippen LogP contribution is 2.36. The Morgan fingerprint density at radius 3 is 2.58 bits per heavy atom. The van der Waals surface area contributed by atoms with Gasteiger partial charge in [0.2, 0.25) is 0 Å². The molecule has 3 rings (SSSR count). The number of thiazole rings is 1. The van der Waals surface area contributed by atoms with Gasteiger partial charge in [-0.2, -0.15) is 0 Å². The van der Waals surface area contributed by atoms with Gasteiger partial charge < -0.3 is 5.73 Å². The summed E-state index contributed by atoms with van der Waals surface area (Å²) < 4.78 is 1.16.